The predicted molar refractivity (Wildman–Crippen MR) is 66.5 cm³/mol. The lowest BCUT2D eigenvalue weighted by Gasteiger charge is -2.04. The Morgan fingerprint density at radius 1 is 1.00 bits per heavy atom. The molecule has 0 fully saturated rings. The van der Waals surface area contributed by atoms with E-state index in [1.165, 1.54) is 11.1 Å². The van der Waals surface area contributed by atoms with Gasteiger partial charge in [0.25, 0.3) is 0 Å². The quantitative estimate of drug-likeness (QED) is 0.733. The highest BCUT2D eigenvalue weighted by atomic mass is 16.5. The minimum absolute atomic E-state index is 0.707. The summed E-state index contributed by atoms with van der Waals surface area (Å²) in [6.07, 6.45) is 1.84. The van der Waals surface area contributed by atoms with E-state index in [2.05, 4.69) is 12.1 Å². The Labute approximate surface area is 99.9 Å². The Morgan fingerprint density at radius 3 is 2.53 bits per heavy atom. The van der Waals surface area contributed by atoms with Gasteiger partial charge in [0.1, 0.15) is 12.0 Å². The molecule has 84 valence electrons. The van der Waals surface area contributed by atoms with Gasteiger partial charge in [-0.2, -0.15) is 0 Å². The summed E-state index contributed by atoms with van der Waals surface area (Å²) in [5.41, 5.74) is 4.28. The van der Waals surface area contributed by atoms with Crippen molar-refractivity contribution in [2.24, 2.45) is 0 Å². The van der Waals surface area contributed by atoms with E-state index in [1.54, 1.807) is 0 Å². The summed E-state index contributed by atoms with van der Waals surface area (Å²) in [5, 5.41) is 0. The number of hydrogen-bond acceptors (Lipinski definition) is 2. The fraction of sp³-hybridized carbons (Fsp3) is 0.133. The monoisotopic (exact) mass is 224 g/mol. The van der Waals surface area contributed by atoms with Gasteiger partial charge in [-0.15, -0.1) is 0 Å². The molecule has 0 aliphatic carbocycles. The molecule has 1 aliphatic rings. The van der Waals surface area contributed by atoms with Crippen LogP contribution in [0, 0.1) is 0 Å². The molecule has 0 radical (unpaired) electrons. The highest BCUT2D eigenvalue weighted by Gasteiger charge is 2.12. The Kier molecular flexibility index (Phi) is 2.41. The number of rotatable bonds is 2. The number of ether oxygens (including phenoxy) is 1. The maximum Gasteiger partial charge on any atom is 0.150 e. The van der Waals surface area contributed by atoms with Gasteiger partial charge in [0.2, 0.25) is 0 Å². The van der Waals surface area contributed by atoms with E-state index in [0.717, 1.165) is 30.6 Å². The van der Waals surface area contributed by atoms with Crippen LogP contribution in [0.4, 0.5) is 0 Å². The standard InChI is InChI=1S/C15H12O2/c16-10-11-1-3-12(4-2-11)13-5-6-15-14(9-13)7-8-17-15/h1-6,9-10H,7-8H2. The molecule has 0 saturated carbocycles. The van der Waals surface area contributed by atoms with Gasteiger partial charge in [0.05, 0.1) is 6.61 Å². The van der Waals surface area contributed by atoms with Crippen LogP contribution in [0.3, 0.4) is 0 Å². The summed E-state index contributed by atoms with van der Waals surface area (Å²) in [5.74, 6) is 0.998. The minimum atomic E-state index is 0.707. The molecule has 0 bridgehead atoms. The van der Waals surface area contributed by atoms with E-state index >= 15 is 0 Å². The SMILES string of the molecule is O=Cc1ccc(-c2ccc3c(c2)CCO3)cc1. The first-order chi connectivity index (χ1) is 8.36. The van der Waals surface area contributed by atoms with Crippen LogP contribution in [0.1, 0.15) is 15.9 Å². The fourth-order valence-electron chi connectivity index (χ4n) is 2.12. The van der Waals surface area contributed by atoms with Crippen LogP contribution in [0.2, 0.25) is 0 Å². The van der Waals surface area contributed by atoms with E-state index in [0.29, 0.717) is 5.56 Å². The second kappa shape index (κ2) is 4.06. The number of benzene rings is 2. The van der Waals surface area contributed by atoms with Crippen LogP contribution in [0.5, 0.6) is 5.75 Å². The third kappa shape index (κ3) is 1.82. The molecular weight excluding hydrogens is 212 g/mol. The van der Waals surface area contributed by atoms with E-state index in [1.807, 2.05) is 30.3 Å². The molecule has 0 aromatic heterocycles. The molecule has 1 heterocycles. The smallest absolute Gasteiger partial charge is 0.150 e. The molecule has 0 unspecified atom stereocenters. The molecule has 0 saturated heterocycles. The number of aldehydes is 1. The zero-order valence-electron chi connectivity index (χ0n) is 9.35. The lowest BCUT2D eigenvalue weighted by Crippen LogP contribution is -1.85. The number of carbonyl (C=O) groups is 1. The minimum Gasteiger partial charge on any atom is -0.493 e. The molecule has 0 N–H and O–H groups in total. The van der Waals surface area contributed by atoms with Crippen molar-refractivity contribution in [1.82, 2.24) is 0 Å². The van der Waals surface area contributed by atoms with Crippen LogP contribution >= 0.6 is 0 Å². The average Bonchev–Trinajstić information content (AvgIpc) is 2.86. The predicted octanol–water partition coefficient (Wildman–Crippen LogP) is 3.10. The van der Waals surface area contributed by atoms with Crippen molar-refractivity contribution < 1.29 is 9.53 Å². The second-order valence-electron chi connectivity index (χ2n) is 4.16. The second-order valence-corrected chi connectivity index (χ2v) is 4.16. The Hall–Kier alpha value is -2.09. The van der Waals surface area contributed by atoms with E-state index < -0.39 is 0 Å². The number of carbonyl (C=O) groups excluding carboxylic acids is 1. The maximum atomic E-state index is 10.6. The molecule has 0 atom stereocenters. The summed E-state index contributed by atoms with van der Waals surface area (Å²) in [4.78, 5) is 10.6. The maximum absolute atomic E-state index is 10.6. The van der Waals surface area contributed by atoms with E-state index in [4.69, 9.17) is 4.74 Å². The summed E-state index contributed by atoms with van der Waals surface area (Å²) in [7, 11) is 0. The summed E-state index contributed by atoms with van der Waals surface area (Å²) >= 11 is 0. The molecular formula is C15H12O2. The summed E-state index contributed by atoms with van der Waals surface area (Å²) in [6.45, 7) is 0.781. The molecule has 2 heteroatoms. The lowest BCUT2D eigenvalue weighted by molar-refractivity contribution is 0.112. The van der Waals surface area contributed by atoms with Gasteiger partial charge in [-0.3, -0.25) is 4.79 Å². The first-order valence-electron chi connectivity index (χ1n) is 5.68. The summed E-state index contributed by atoms with van der Waals surface area (Å²) < 4.78 is 5.48. The van der Waals surface area contributed by atoms with E-state index in [-0.39, 0.29) is 0 Å². The van der Waals surface area contributed by atoms with Crippen molar-refractivity contribution in [3.8, 4) is 16.9 Å². The van der Waals surface area contributed by atoms with Gasteiger partial charge in [-0.05, 0) is 28.8 Å². The first kappa shape index (κ1) is 10.1. The van der Waals surface area contributed by atoms with Crippen molar-refractivity contribution >= 4 is 6.29 Å². The van der Waals surface area contributed by atoms with Gasteiger partial charge >= 0.3 is 0 Å². The van der Waals surface area contributed by atoms with Crippen LogP contribution < -0.4 is 4.74 Å². The summed E-state index contributed by atoms with van der Waals surface area (Å²) in [6, 6.07) is 13.9. The van der Waals surface area contributed by atoms with Crippen molar-refractivity contribution in [2.45, 2.75) is 6.42 Å². The largest absolute Gasteiger partial charge is 0.493 e. The van der Waals surface area contributed by atoms with E-state index in [9.17, 15) is 4.79 Å². The zero-order valence-corrected chi connectivity index (χ0v) is 9.35. The Bertz CT molecular complexity index is 556. The van der Waals surface area contributed by atoms with Crippen LogP contribution in [0.15, 0.2) is 42.5 Å². The van der Waals surface area contributed by atoms with Crippen molar-refractivity contribution in [3.63, 3.8) is 0 Å². The molecule has 2 aromatic carbocycles. The van der Waals surface area contributed by atoms with Gasteiger partial charge in [0, 0.05) is 12.0 Å². The van der Waals surface area contributed by atoms with Gasteiger partial charge in [-0.25, -0.2) is 0 Å². The lowest BCUT2D eigenvalue weighted by atomic mass is 10.0. The first-order valence-corrected chi connectivity index (χ1v) is 5.68. The fourth-order valence-corrected chi connectivity index (χ4v) is 2.12. The molecule has 2 nitrogen and oxygen atoms in total. The van der Waals surface area contributed by atoms with Gasteiger partial charge in [0.15, 0.2) is 0 Å². The highest BCUT2D eigenvalue weighted by Crippen LogP contribution is 2.30. The Balaban J connectivity index is 2.00. The van der Waals surface area contributed by atoms with Crippen LogP contribution in [-0.2, 0) is 6.42 Å². The molecule has 2 aromatic rings. The molecule has 0 amide bonds. The normalized spacial score (nSPS) is 12.9. The highest BCUT2D eigenvalue weighted by molar-refractivity contribution is 5.77. The third-order valence-electron chi connectivity index (χ3n) is 3.07. The van der Waals surface area contributed by atoms with Crippen molar-refractivity contribution in [1.29, 1.82) is 0 Å². The third-order valence-corrected chi connectivity index (χ3v) is 3.07. The Morgan fingerprint density at radius 2 is 1.76 bits per heavy atom. The van der Waals surface area contributed by atoms with Crippen LogP contribution in [0.25, 0.3) is 11.1 Å². The van der Waals surface area contributed by atoms with Crippen LogP contribution in [-0.4, -0.2) is 12.9 Å². The molecule has 3 rings (SSSR count). The van der Waals surface area contributed by atoms with Gasteiger partial charge in [-0.1, -0.05) is 30.3 Å². The van der Waals surface area contributed by atoms with Crippen molar-refractivity contribution in [2.75, 3.05) is 6.61 Å². The topological polar surface area (TPSA) is 26.3 Å². The number of fused-ring (bicyclic) bond motifs is 1. The zero-order chi connectivity index (χ0) is 11.7. The average molecular weight is 224 g/mol. The molecule has 0 spiro atoms. The molecule has 17 heavy (non-hydrogen) atoms. The van der Waals surface area contributed by atoms with Crippen molar-refractivity contribution in [3.05, 3.63) is 53.6 Å². The van der Waals surface area contributed by atoms with Gasteiger partial charge < -0.3 is 4.74 Å². The number of hydrogen-bond donors (Lipinski definition) is 0. The molecule has 1 aliphatic heterocycles.